The summed E-state index contributed by atoms with van der Waals surface area (Å²) in [5, 5.41) is 8.49. The van der Waals surface area contributed by atoms with Crippen molar-refractivity contribution in [3.05, 3.63) is 35.4 Å². The van der Waals surface area contributed by atoms with Crippen LogP contribution in [0.25, 0.3) is 0 Å². The molecule has 0 aliphatic rings. The van der Waals surface area contributed by atoms with E-state index < -0.39 is 5.97 Å². The molecule has 2 atom stereocenters. The smallest absolute Gasteiger partial charge is 0.303 e. The Morgan fingerprint density at radius 3 is 2.33 bits per heavy atom. The number of rotatable bonds is 7. The number of benzene rings is 1. The summed E-state index contributed by atoms with van der Waals surface area (Å²) >= 11 is 6.26. The van der Waals surface area contributed by atoms with Crippen molar-refractivity contribution >= 4 is 17.6 Å². The molecule has 0 aromatic heterocycles. The second-order valence-electron chi connectivity index (χ2n) is 4.73. The zero-order chi connectivity index (χ0) is 13.5. The Morgan fingerprint density at radius 1 is 1.28 bits per heavy atom. The van der Waals surface area contributed by atoms with Gasteiger partial charge in [0, 0.05) is 6.42 Å². The first-order valence-corrected chi connectivity index (χ1v) is 6.94. The lowest BCUT2D eigenvalue weighted by molar-refractivity contribution is -0.137. The number of carboxylic acids is 1. The van der Waals surface area contributed by atoms with Crippen molar-refractivity contribution in [2.24, 2.45) is 0 Å². The lowest BCUT2D eigenvalue weighted by Gasteiger charge is -2.12. The molecule has 1 N–H and O–H groups in total. The molecule has 0 saturated heterocycles. The summed E-state index contributed by atoms with van der Waals surface area (Å²) < 4.78 is 0. The number of carboxylic acid groups (broad SMARTS) is 1. The first-order chi connectivity index (χ1) is 8.54. The predicted molar refractivity (Wildman–Crippen MR) is 75.2 cm³/mol. The topological polar surface area (TPSA) is 37.3 Å². The molecule has 0 amide bonds. The van der Waals surface area contributed by atoms with Crippen molar-refractivity contribution in [2.45, 2.75) is 50.8 Å². The third kappa shape index (κ3) is 4.69. The highest BCUT2D eigenvalue weighted by molar-refractivity contribution is 6.20. The fourth-order valence-corrected chi connectivity index (χ4v) is 2.17. The minimum absolute atomic E-state index is 0.0877. The summed E-state index contributed by atoms with van der Waals surface area (Å²) in [4.78, 5) is 10.4. The van der Waals surface area contributed by atoms with Crippen LogP contribution in [0.1, 0.15) is 62.0 Å². The van der Waals surface area contributed by atoms with Gasteiger partial charge < -0.3 is 5.11 Å². The Balaban J connectivity index is 2.53. The second-order valence-corrected chi connectivity index (χ2v) is 5.26. The number of alkyl halides is 1. The summed E-state index contributed by atoms with van der Waals surface area (Å²) in [5.41, 5.74) is 2.41. The van der Waals surface area contributed by atoms with Crippen LogP contribution in [0.5, 0.6) is 0 Å². The van der Waals surface area contributed by atoms with Crippen LogP contribution in [0.2, 0.25) is 0 Å². The molecule has 1 aromatic carbocycles. The Kier molecular flexibility index (Phi) is 6.20. The Hall–Kier alpha value is -1.02. The van der Waals surface area contributed by atoms with Crippen LogP contribution in [0.3, 0.4) is 0 Å². The first-order valence-electron chi connectivity index (χ1n) is 6.50. The van der Waals surface area contributed by atoms with Crippen LogP contribution in [-0.4, -0.2) is 11.1 Å². The Morgan fingerprint density at radius 2 is 1.83 bits per heavy atom. The van der Waals surface area contributed by atoms with Crippen molar-refractivity contribution in [3.8, 4) is 0 Å². The van der Waals surface area contributed by atoms with Crippen LogP contribution in [0.4, 0.5) is 0 Å². The van der Waals surface area contributed by atoms with Crippen molar-refractivity contribution in [3.63, 3.8) is 0 Å². The summed E-state index contributed by atoms with van der Waals surface area (Å²) in [6.07, 6.45) is 2.64. The quantitative estimate of drug-likeness (QED) is 0.726. The van der Waals surface area contributed by atoms with Gasteiger partial charge in [-0.1, -0.05) is 38.1 Å². The molecule has 2 nitrogen and oxygen atoms in total. The van der Waals surface area contributed by atoms with E-state index in [2.05, 4.69) is 38.1 Å². The van der Waals surface area contributed by atoms with E-state index in [1.54, 1.807) is 0 Å². The molecule has 0 aliphatic heterocycles. The van der Waals surface area contributed by atoms with Gasteiger partial charge in [0.15, 0.2) is 0 Å². The highest BCUT2D eigenvalue weighted by Gasteiger charge is 2.10. The molecule has 0 saturated carbocycles. The van der Waals surface area contributed by atoms with Gasteiger partial charge in [-0.05, 0) is 36.3 Å². The van der Waals surface area contributed by atoms with E-state index in [1.807, 2.05) is 0 Å². The fraction of sp³-hybridized carbons (Fsp3) is 0.533. The molecule has 100 valence electrons. The van der Waals surface area contributed by atoms with Gasteiger partial charge in [-0.25, -0.2) is 0 Å². The molecule has 0 fully saturated rings. The van der Waals surface area contributed by atoms with Crippen molar-refractivity contribution in [1.29, 1.82) is 0 Å². The number of halogens is 1. The third-order valence-corrected chi connectivity index (χ3v) is 3.80. The van der Waals surface area contributed by atoms with Gasteiger partial charge in [0.05, 0.1) is 5.38 Å². The molecule has 2 unspecified atom stereocenters. The monoisotopic (exact) mass is 268 g/mol. The maximum absolute atomic E-state index is 10.4. The van der Waals surface area contributed by atoms with Gasteiger partial charge in [-0.2, -0.15) is 0 Å². The molecule has 0 heterocycles. The largest absolute Gasteiger partial charge is 0.481 e. The Labute approximate surface area is 114 Å². The number of hydrogen-bond donors (Lipinski definition) is 1. The van der Waals surface area contributed by atoms with Crippen LogP contribution >= 0.6 is 11.6 Å². The standard InChI is InChI=1S/C15H21ClO2/c1-3-11(2)12-7-9-13(10-8-12)14(16)5-4-6-15(17)18/h7-11,14H,3-6H2,1-2H3,(H,17,18). The molecular formula is C15H21ClO2. The Bertz CT molecular complexity index is 373. The van der Waals surface area contributed by atoms with E-state index in [-0.39, 0.29) is 11.8 Å². The number of carbonyl (C=O) groups is 1. The van der Waals surface area contributed by atoms with Gasteiger partial charge in [0.25, 0.3) is 0 Å². The van der Waals surface area contributed by atoms with Crippen molar-refractivity contribution < 1.29 is 9.90 Å². The molecule has 18 heavy (non-hydrogen) atoms. The molecular weight excluding hydrogens is 248 g/mol. The average Bonchev–Trinajstić information content (AvgIpc) is 2.37. The first kappa shape index (κ1) is 15.0. The van der Waals surface area contributed by atoms with Gasteiger partial charge in [0.2, 0.25) is 0 Å². The molecule has 0 spiro atoms. The van der Waals surface area contributed by atoms with Crippen LogP contribution < -0.4 is 0 Å². The van der Waals surface area contributed by atoms with E-state index >= 15 is 0 Å². The number of aliphatic carboxylic acids is 1. The second kappa shape index (κ2) is 7.42. The van der Waals surface area contributed by atoms with E-state index in [0.717, 1.165) is 12.0 Å². The lowest BCUT2D eigenvalue weighted by atomic mass is 9.96. The third-order valence-electron chi connectivity index (χ3n) is 3.33. The van der Waals surface area contributed by atoms with Crippen LogP contribution in [-0.2, 0) is 4.79 Å². The van der Waals surface area contributed by atoms with Gasteiger partial charge in [-0.15, -0.1) is 11.6 Å². The summed E-state index contributed by atoms with van der Waals surface area (Å²) in [6.45, 7) is 4.38. The summed E-state index contributed by atoms with van der Waals surface area (Å²) in [7, 11) is 0. The minimum atomic E-state index is -0.758. The number of hydrogen-bond acceptors (Lipinski definition) is 1. The molecule has 0 aliphatic carbocycles. The molecule has 3 heteroatoms. The average molecular weight is 269 g/mol. The lowest BCUT2D eigenvalue weighted by Crippen LogP contribution is -1.97. The summed E-state index contributed by atoms with van der Waals surface area (Å²) in [5.74, 6) is -0.189. The molecule has 0 radical (unpaired) electrons. The predicted octanol–water partition coefficient (Wildman–Crippen LogP) is 4.73. The maximum Gasteiger partial charge on any atom is 0.303 e. The molecule has 1 rings (SSSR count). The van der Waals surface area contributed by atoms with Gasteiger partial charge in [0.1, 0.15) is 0 Å². The molecule has 1 aromatic rings. The normalized spacial score (nSPS) is 14.2. The summed E-state index contributed by atoms with van der Waals surface area (Å²) in [6, 6.07) is 8.35. The highest BCUT2D eigenvalue weighted by atomic mass is 35.5. The zero-order valence-corrected chi connectivity index (χ0v) is 11.8. The highest BCUT2D eigenvalue weighted by Crippen LogP contribution is 2.28. The zero-order valence-electron chi connectivity index (χ0n) is 11.0. The maximum atomic E-state index is 10.4. The van der Waals surface area contributed by atoms with Crippen LogP contribution in [0, 0.1) is 0 Å². The van der Waals surface area contributed by atoms with E-state index in [9.17, 15) is 4.79 Å². The van der Waals surface area contributed by atoms with Crippen molar-refractivity contribution in [1.82, 2.24) is 0 Å². The van der Waals surface area contributed by atoms with E-state index in [0.29, 0.717) is 18.8 Å². The van der Waals surface area contributed by atoms with E-state index in [4.69, 9.17) is 16.7 Å². The van der Waals surface area contributed by atoms with E-state index in [1.165, 1.54) is 5.56 Å². The fourth-order valence-electron chi connectivity index (χ4n) is 1.87. The van der Waals surface area contributed by atoms with Crippen LogP contribution in [0.15, 0.2) is 24.3 Å². The van der Waals surface area contributed by atoms with Crippen molar-refractivity contribution in [2.75, 3.05) is 0 Å². The molecule has 0 bridgehead atoms. The van der Waals surface area contributed by atoms with Gasteiger partial charge >= 0.3 is 5.97 Å². The SMILES string of the molecule is CCC(C)c1ccc(C(Cl)CCCC(=O)O)cc1. The minimum Gasteiger partial charge on any atom is -0.481 e. The van der Waals surface area contributed by atoms with Gasteiger partial charge in [-0.3, -0.25) is 4.79 Å².